The van der Waals surface area contributed by atoms with Crippen molar-refractivity contribution >= 4 is 29.6 Å². The Morgan fingerprint density at radius 1 is 1.28 bits per heavy atom. The Balaban J connectivity index is 2.05. The summed E-state index contributed by atoms with van der Waals surface area (Å²) in [5.41, 5.74) is 1.42. The number of hydrazone groups is 1. The van der Waals surface area contributed by atoms with Crippen LogP contribution in [-0.2, 0) is 9.59 Å². The molecule has 0 heterocycles. The molecule has 2 amide bonds. The Labute approximate surface area is 153 Å². The molecule has 0 aliphatic heterocycles. The van der Waals surface area contributed by atoms with Crippen LogP contribution in [0.15, 0.2) is 41.5 Å². The average Bonchev–Trinajstić information content (AvgIpc) is 2.62. The number of amides is 2. The number of hydrogen-bond acceptors (Lipinski definition) is 3. The molecular formula is C19H24ClN3O2. The van der Waals surface area contributed by atoms with Crippen molar-refractivity contribution in [2.75, 3.05) is 6.54 Å². The Morgan fingerprint density at radius 3 is 2.56 bits per heavy atom. The van der Waals surface area contributed by atoms with Crippen molar-refractivity contribution in [1.82, 2.24) is 10.3 Å². The van der Waals surface area contributed by atoms with Gasteiger partial charge in [-0.25, -0.2) is 5.01 Å². The number of hydrogen-bond donors (Lipinski definition) is 1. The molecule has 1 aliphatic carbocycles. The third-order valence-electron chi connectivity index (χ3n) is 4.10. The molecule has 0 saturated heterocycles. The van der Waals surface area contributed by atoms with Crippen molar-refractivity contribution in [2.24, 2.45) is 5.10 Å². The van der Waals surface area contributed by atoms with Crippen LogP contribution in [0.2, 0.25) is 5.02 Å². The molecule has 1 aromatic rings. The van der Waals surface area contributed by atoms with Crippen LogP contribution in [0.5, 0.6) is 0 Å². The quantitative estimate of drug-likeness (QED) is 0.459. The first-order valence-electron chi connectivity index (χ1n) is 8.61. The van der Waals surface area contributed by atoms with Gasteiger partial charge in [-0.15, -0.1) is 0 Å². The fourth-order valence-corrected chi connectivity index (χ4v) is 2.99. The van der Waals surface area contributed by atoms with Gasteiger partial charge in [-0.2, -0.15) is 5.10 Å². The molecule has 1 fully saturated rings. The summed E-state index contributed by atoms with van der Waals surface area (Å²) in [5.74, 6) is -0.182. The molecule has 0 bridgehead atoms. The lowest BCUT2D eigenvalue weighted by Gasteiger charge is -2.23. The van der Waals surface area contributed by atoms with E-state index in [1.54, 1.807) is 18.2 Å². The second kappa shape index (κ2) is 9.99. The van der Waals surface area contributed by atoms with Gasteiger partial charge < -0.3 is 5.32 Å². The van der Waals surface area contributed by atoms with Crippen molar-refractivity contribution in [2.45, 2.75) is 45.1 Å². The van der Waals surface area contributed by atoms with Crippen LogP contribution < -0.4 is 5.32 Å². The molecule has 1 saturated carbocycles. The van der Waals surface area contributed by atoms with E-state index in [2.05, 4.69) is 10.4 Å². The lowest BCUT2D eigenvalue weighted by Crippen LogP contribution is -2.41. The normalized spacial score (nSPS) is 16.0. The van der Waals surface area contributed by atoms with Gasteiger partial charge in [0.2, 0.25) is 12.3 Å². The Bertz CT molecular complexity index is 635. The summed E-state index contributed by atoms with van der Waals surface area (Å²) in [5, 5.41) is 9.05. The van der Waals surface area contributed by atoms with Gasteiger partial charge in [0.1, 0.15) is 6.54 Å². The molecule has 25 heavy (non-hydrogen) atoms. The summed E-state index contributed by atoms with van der Waals surface area (Å²) >= 11 is 5.91. The van der Waals surface area contributed by atoms with Crippen LogP contribution in [-0.4, -0.2) is 35.6 Å². The fraction of sp³-hybridized carbons (Fsp3) is 0.421. The van der Waals surface area contributed by atoms with Gasteiger partial charge in [-0.3, -0.25) is 9.59 Å². The fourth-order valence-electron chi connectivity index (χ4n) is 2.87. The number of carbonyl (C=O) groups excluding carboxylic acids is 2. The predicted molar refractivity (Wildman–Crippen MR) is 101 cm³/mol. The number of nitrogens with zero attached hydrogens (tertiary/aromatic N) is 2. The minimum Gasteiger partial charge on any atom is -0.352 e. The van der Waals surface area contributed by atoms with Crippen LogP contribution in [0.1, 0.15) is 44.6 Å². The van der Waals surface area contributed by atoms with E-state index in [-0.39, 0.29) is 18.5 Å². The molecule has 0 aromatic heterocycles. The number of halogens is 1. The van der Waals surface area contributed by atoms with Gasteiger partial charge in [-0.05, 0) is 38.0 Å². The Morgan fingerprint density at radius 2 is 1.96 bits per heavy atom. The topological polar surface area (TPSA) is 61.8 Å². The first kappa shape index (κ1) is 19.2. The molecule has 5 nitrogen and oxygen atoms in total. The second-order valence-electron chi connectivity index (χ2n) is 6.10. The predicted octanol–water partition coefficient (Wildman–Crippen LogP) is 3.53. The van der Waals surface area contributed by atoms with Gasteiger partial charge >= 0.3 is 0 Å². The summed E-state index contributed by atoms with van der Waals surface area (Å²) in [6, 6.07) is 7.39. The van der Waals surface area contributed by atoms with Crippen LogP contribution in [0.4, 0.5) is 0 Å². The zero-order valence-electron chi connectivity index (χ0n) is 14.5. The highest BCUT2D eigenvalue weighted by Gasteiger charge is 2.17. The van der Waals surface area contributed by atoms with E-state index in [9.17, 15) is 9.59 Å². The average molecular weight is 362 g/mol. The lowest BCUT2D eigenvalue weighted by atomic mass is 9.95. The van der Waals surface area contributed by atoms with Gasteiger partial charge in [-0.1, -0.05) is 49.1 Å². The first-order chi connectivity index (χ1) is 12.1. The molecule has 1 aromatic carbocycles. The lowest BCUT2D eigenvalue weighted by molar-refractivity contribution is -0.128. The third kappa shape index (κ3) is 6.35. The van der Waals surface area contributed by atoms with E-state index in [4.69, 9.17) is 11.6 Å². The molecular weight excluding hydrogens is 338 g/mol. The van der Waals surface area contributed by atoms with Crippen molar-refractivity contribution < 1.29 is 9.59 Å². The molecule has 6 heteroatoms. The number of allylic oxidation sites excluding steroid dienone is 2. The summed E-state index contributed by atoms with van der Waals surface area (Å²) in [7, 11) is 0. The largest absolute Gasteiger partial charge is 0.352 e. The summed E-state index contributed by atoms with van der Waals surface area (Å²) in [6.07, 6.45) is 9.71. The standard InChI is InChI=1S/C19H24ClN3O2/c1-2-6-18(15-9-11-16(20)12-10-15)22-23(14-24)13-19(25)21-17-7-4-3-5-8-17/h2,6,9-12,14,17H,3-5,7-8,13H2,1H3,(H,21,25)/b6-2-,22-18+. The van der Waals surface area contributed by atoms with Gasteiger partial charge in [0.25, 0.3) is 0 Å². The smallest absolute Gasteiger partial charge is 0.242 e. The summed E-state index contributed by atoms with van der Waals surface area (Å²) in [4.78, 5) is 23.5. The van der Waals surface area contributed by atoms with E-state index < -0.39 is 0 Å². The number of nitrogens with one attached hydrogen (secondary N) is 1. The molecule has 0 atom stereocenters. The van der Waals surface area contributed by atoms with Crippen molar-refractivity contribution in [1.29, 1.82) is 0 Å². The Hall–Kier alpha value is -2.14. The highest BCUT2D eigenvalue weighted by molar-refractivity contribution is 6.30. The highest BCUT2D eigenvalue weighted by Crippen LogP contribution is 2.17. The third-order valence-corrected chi connectivity index (χ3v) is 4.35. The molecule has 1 N–H and O–H groups in total. The maximum Gasteiger partial charge on any atom is 0.242 e. The maximum absolute atomic E-state index is 12.2. The molecule has 134 valence electrons. The summed E-state index contributed by atoms with van der Waals surface area (Å²) in [6.45, 7) is 1.78. The van der Waals surface area contributed by atoms with Crippen LogP contribution in [0, 0.1) is 0 Å². The number of benzene rings is 1. The van der Waals surface area contributed by atoms with E-state index in [1.807, 2.05) is 25.1 Å². The van der Waals surface area contributed by atoms with Crippen LogP contribution in [0.3, 0.4) is 0 Å². The van der Waals surface area contributed by atoms with Gasteiger partial charge in [0.15, 0.2) is 0 Å². The highest BCUT2D eigenvalue weighted by atomic mass is 35.5. The minimum absolute atomic E-state index is 0.0886. The number of carbonyl (C=O) groups is 2. The Kier molecular flexibility index (Phi) is 7.67. The van der Waals surface area contributed by atoms with Crippen molar-refractivity contribution in [3.63, 3.8) is 0 Å². The first-order valence-corrected chi connectivity index (χ1v) is 8.98. The van der Waals surface area contributed by atoms with Crippen molar-refractivity contribution in [3.05, 3.63) is 47.0 Å². The monoisotopic (exact) mass is 361 g/mol. The maximum atomic E-state index is 12.2. The van der Waals surface area contributed by atoms with E-state index in [1.165, 1.54) is 6.42 Å². The van der Waals surface area contributed by atoms with E-state index in [0.29, 0.717) is 17.1 Å². The zero-order valence-corrected chi connectivity index (χ0v) is 15.2. The van der Waals surface area contributed by atoms with Gasteiger partial charge in [0, 0.05) is 16.6 Å². The van der Waals surface area contributed by atoms with E-state index in [0.717, 1.165) is 36.3 Å². The zero-order chi connectivity index (χ0) is 18.1. The van der Waals surface area contributed by atoms with Crippen molar-refractivity contribution in [3.8, 4) is 0 Å². The minimum atomic E-state index is -0.182. The molecule has 2 rings (SSSR count). The molecule has 0 radical (unpaired) electrons. The number of rotatable bonds is 7. The van der Waals surface area contributed by atoms with Crippen LogP contribution in [0.25, 0.3) is 0 Å². The molecule has 1 aliphatic rings. The molecule has 0 unspecified atom stereocenters. The van der Waals surface area contributed by atoms with Crippen LogP contribution >= 0.6 is 11.6 Å². The summed E-state index contributed by atoms with van der Waals surface area (Å²) < 4.78 is 0. The second-order valence-corrected chi connectivity index (χ2v) is 6.53. The van der Waals surface area contributed by atoms with Gasteiger partial charge in [0.05, 0.1) is 5.71 Å². The SMILES string of the molecule is C/C=C\C(=N/N(C=O)CC(=O)NC1CCCCC1)c1ccc(Cl)cc1. The van der Waals surface area contributed by atoms with E-state index >= 15 is 0 Å². The molecule has 0 spiro atoms.